The molecule has 0 aliphatic rings. The maximum Gasteiger partial charge on any atom is 0.271 e. The van der Waals surface area contributed by atoms with Crippen molar-refractivity contribution in [3.8, 4) is 0 Å². The van der Waals surface area contributed by atoms with Gasteiger partial charge in [0.05, 0.1) is 0 Å². The van der Waals surface area contributed by atoms with E-state index in [0.29, 0.717) is 10.3 Å². The molecule has 0 unspecified atom stereocenters. The van der Waals surface area contributed by atoms with Gasteiger partial charge in [0.15, 0.2) is 0 Å². The van der Waals surface area contributed by atoms with E-state index in [1.54, 1.807) is 13.0 Å². The molecule has 0 aliphatic carbocycles. The van der Waals surface area contributed by atoms with Crippen LogP contribution >= 0.6 is 22.0 Å². The molecule has 15 heavy (non-hydrogen) atoms. The molecule has 0 N–H and O–H groups in total. The second-order valence-corrected chi connectivity index (χ2v) is 6.91. The summed E-state index contributed by atoms with van der Waals surface area (Å²) in [6.07, 6.45) is 0. The van der Waals surface area contributed by atoms with E-state index in [-0.39, 0.29) is 10.0 Å². The molecule has 6 heteroatoms. The highest BCUT2D eigenvalue weighted by Gasteiger charge is 2.19. The van der Waals surface area contributed by atoms with Crippen LogP contribution in [0.5, 0.6) is 0 Å². The highest BCUT2D eigenvalue weighted by atomic mass is 35.7. The third-order valence-corrected chi connectivity index (χ3v) is 5.52. The predicted octanol–water partition coefficient (Wildman–Crippen LogP) is 3.28. The Morgan fingerprint density at radius 3 is 2.67 bits per heavy atom. The lowest BCUT2D eigenvalue weighted by molar-refractivity contribution is 0.611. The van der Waals surface area contributed by atoms with Crippen LogP contribution in [-0.4, -0.2) is 8.42 Å². The SMILES string of the molecule is Cc1c(S(=O)(=O)Cl)sc2cc(F)ccc12. The first-order valence-electron chi connectivity index (χ1n) is 4.03. The summed E-state index contributed by atoms with van der Waals surface area (Å²) in [6.45, 7) is 1.66. The number of halogens is 2. The molecule has 0 fully saturated rings. The predicted molar refractivity (Wildman–Crippen MR) is 59.6 cm³/mol. The van der Waals surface area contributed by atoms with Gasteiger partial charge in [0.2, 0.25) is 0 Å². The molecule has 0 bridgehead atoms. The summed E-state index contributed by atoms with van der Waals surface area (Å²) in [4.78, 5) is 0. The topological polar surface area (TPSA) is 34.1 Å². The molecular formula is C9H6ClFO2S2. The van der Waals surface area contributed by atoms with Gasteiger partial charge in [-0.05, 0) is 30.0 Å². The summed E-state index contributed by atoms with van der Waals surface area (Å²) in [5, 5.41) is 0.723. The Balaban J connectivity index is 2.87. The number of hydrogen-bond donors (Lipinski definition) is 0. The quantitative estimate of drug-likeness (QED) is 0.741. The van der Waals surface area contributed by atoms with Gasteiger partial charge in [-0.1, -0.05) is 6.07 Å². The maximum atomic E-state index is 12.9. The van der Waals surface area contributed by atoms with E-state index in [4.69, 9.17) is 10.7 Å². The molecule has 80 valence electrons. The van der Waals surface area contributed by atoms with E-state index in [2.05, 4.69) is 0 Å². The van der Waals surface area contributed by atoms with Crippen LogP contribution in [0, 0.1) is 12.7 Å². The molecule has 0 amide bonds. The zero-order valence-corrected chi connectivity index (χ0v) is 10.0. The lowest BCUT2D eigenvalue weighted by Crippen LogP contribution is -1.87. The van der Waals surface area contributed by atoms with Crippen molar-refractivity contribution < 1.29 is 12.8 Å². The highest BCUT2D eigenvalue weighted by molar-refractivity contribution is 8.15. The average Bonchev–Trinajstić information content (AvgIpc) is 2.42. The smallest absolute Gasteiger partial charge is 0.207 e. The standard InChI is InChI=1S/C9H6ClFO2S2/c1-5-7-3-2-6(11)4-8(7)14-9(5)15(10,12)13/h2-4H,1H3. The first kappa shape index (κ1) is 10.9. The van der Waals surface area contributed by atoms with Crippen LogP contribution < -0.4 is 0 Å². The van der Waals surface area contributed by atoms with Gasteiger partial charge in [0, 0.05) is 15.4 Å². The summed E-state index contributed by atoms with van der Waals surface area (Å²) in [6, 6.07) is 4.16. The van der Waals surface area contributed by atoms with Crippen LogP contribution in [0.2, 0.25) is 0 Å². The fraction of sp³-hybridized carbons (Fsp3) is 0.111. The van der Waals surface area contributed by atoms with Gasteiger partial charge in [-0.3, -0.25) is 0 Å². The van der Waals surface area contributed by atoms with Crippen molar-refractivity contribution in [1.29, 1.82) is 0 Å². The summed E-state index contributed by atoms with van der Waals surface area (Å²) >= 11 is 0.985. The molecule has 0 saturated heterocycles. The van der Waals surface area contributed by atoms with E-state index in [1.165, 1.54) is 12.1 Å². The first-order chi connectivity index (χ1) is 6.89. The van der Waals surface area contributed by atoms with E-state index >= 15 is 0 Å². The van der Waals surface area contributed by atoms with Gasteiger partial charge in [-0.25, -0.2) is 12.8 Å². The van der Waals surface area contributed by atoms with Crippen LogP contribution in [0.15, 0.2) is 22.4 Å². The lowest BCUT2D eigenvalue weighted by Gasteiger charge is -1.92. The Bertz CT molecular complexity index is 631. The zero-order valence-electron chi connectivity index (χ0n) is 7.62. The summed E-state index contributed by atoms with van der Waals surface area (Å²) < 4.78 is 36.0. The van der Waals surface area contributed by atoms with Crippen molar-refractivity contribution in [1.82, 2.24) is 0 Å². The first-order valence-corrected chi connectivity index (χ1v) is 7.15. The second kappa shape index (κ2) is 3.43. The number of aryl methyl sites for hydroxylation is 1. The molecular weight excluding hydrogens is 259 g/mol. The fourth-order valence-corrected chi connectivity index (χ4v) is 4.15. The largest absolute Gasteiger partial charge is 0.271 e. The molecule has 2 nitrogen and oxygen atoms in total. The van der Waals surface area contributed by atoms with Crippen LogP contribution in [0.1, 0.15) is 5.56 Å². The monoisotopic (exact) mass is 264 g/mol. The molecule has 0 aliphatic heterocycles. The van der Waals surface area contributed by atoms with Crippen molar-refractivity contribution in [3.63, 3.8) is 0 Å². The van der Waals surface area contributed by atoms with Crippen molar-refractivity contribution >= 4 is 41.2 Å². The number of benzene rings is 1. The van der Waals surface area contributed by atoms with Gasteiger partial charge in [-0.15, -0.1) is 11.3 Å². The normalized spacial score (nSPS) is 12.2. The van der Waals surface area contributed by atoms with Crippen LogP contribution in [0.25, 0.3) is 10.1 Å². The highest BCUT2D eigenvalue weighted by Crippen LogP contribution is 2.35. The maximum absolute atomic E-state index is 12.9. The van der Waals surface area contributed by atoms with Crippen molar-refractivity contribution in [3.05, 3.63) is 29.6 Å². The molecule has 0 saturated carbocycles. The van der Waals surface area contributed by atoms with Gasteiger partial charge < -0.3 is 0 Å². The number of thiophene rings is 1. The molecule has 0 atom stereocenters. The summed E-state index contributed by atoms with van der Waals surface area (Å²) in [5.41, 5.74) is 0.574. The molecule has 0 spiro atoms. The van der Waals surface area contributed by atoms with Crippen LogP contribution in [0.3, 0.4) is 0 Å². The van der Waals surface area contributed by atoms with Crippen molar-refractivity contribution in [2.75, 3.05) is 0 Å². The van der Waals surface area contributed by atoms with E-state index in [0.717, 1.165) is 16.7 Å². The third kappa shape index (κ3) is 1.87. The van der Waals surface area contributed by atoms with Gasteiger partial charge >= 0.3 is 0 Å². The van der Waals surface area contributed by atoms with Crippen molar-refractivity contribution in [2.24, 2.45) is 0 Å². The Kier molecular flexibility index (Phi) is 2.48. The van der Waals surface area contributed by atoms with Crippen molar-refractivity contribution in [2.45, 2.75) is 11.1 Å². The van der Waals surface area contributed by atoms with E-state index in [9.17, 15) is 12.8 Å². The number of rotatable bonds is 1. The second-order valence-electron chi connectivity index (χ2n) is 3.09. The van der Waals surface area contributed by atoms with Gasteiger partial charge in [0.25, 0.3) is 9.05 Å². The van der Waals surface area contributed by atoms with Crippen LogP contribution in [-0.2, 0) is 9.05 Å². The summed E-state index contributed by atoms with van der Waals surface area (Å²) in [5.74, 6) is -0.387. The molecule has 2 aromatic rings. The number of fused-ring (bicyclic) bond motifs is 1. The summed E-state index contributed by atoms with van der Waals surface area (Å²) in [7, 11) is 1.52. The van der Waals surface area contributed by atoms with Gasteiger partial charge in [0.1, 0.15) is 10.0 Å². The molecule has 1 aromatic carbocycles. The molecule has 1 heterocycles. The Morgan fingerprint density at radius 2 is 2.07 bits per heavy atom. The van der Waals surface area contributed by atoms with Crippen LogP contribution in [0.4, 0.5) is 4.39 Å². The third-order valence-electron chi connectivity index (χ3n) is 2.08. The van der Waals surface area contributed by atoms with Gasteiger partial charge in [-0.2, -0.15) is 0 Å². The Labute approximate surface area is 94.7 Å². The molecule has 0 radical (unpaired) electrons. The zero-order chi connectivity index (χ0) is 11.2. The molecule has 2 rings (SSSR count). The Hall–Kier alpha value is -0.650. The van der Waals surface area contributed by atoms with E-state index < -0.39 is 9.05 Å². The minimum atomic E-state index is -3.74. The molecule has 1 aromatic heterocycles. The van der Waals surface area contributed by atoms with E-state index in [1.807, 2.05) is 0 Å². The average molecular weight is 265 g/mol. The minimum Gasteiger partial charge on any atom is -0.207 e. The number of hydrogen-bond acceptors (Lipinski definition) is 3. The Morgan fingerprint density at radius 1 is 1.40 bits per heavy atom. The lowest BCUT2D eigenvalue weighted by atomic mass is 10.2. The minimum absolute atomic E-state index is 0.0877. The fourth-order valence-electron chi connectivity index (χ4n) is 1.41.